The van der Waals surface area contributed by atoms with Crippen LogP contribution in [0.5, 0.6) is 5.88 Å². The molecule has 3 aromatic heterocycles. The van der Waals surface area contributed by atoms with Crippen LogP contribution in [0.2, 0.25) is 0 Å². The first-order valence-electron chi connectivity index (χ1n) is 11.3. The van der Waals surface area contributed by atoms with Gasteiger partial charge < -0.3 is 14.7 Å². The quantitative estimate of drug-likeness (QED) is 0.519. The van der Waals surface area contributed by atoms with Crippen molar-refractivity contribution in [3.05, 3.63) is 88.8 Å². The summed E-state index contributed by atoms with van der Waals surface area (Å²) in [6.07, 6.45) is 7.06. The smallest absolute Gasteiger partial charge is 0.213 e. The number of rotatable bonds is 5. The summed E-state index contributed by atoms with van der Waals surface area (Å²) in [5, 5.41) is 14.2. The summed E-state index contributed by atoms with van der Waals surface area (Å²) in [7, 11) is 0. The van der Waals surface area contributed by atoms with Crippen LogP contribution in [0.3, 0.4) is 0 Å². The van der Waals surface area contributed by atoms with Crippen molar-refractivity contribution in [2.75, 3.05) is 11.5 Å². The maximum absolute atomic E-state index is 11.6. The largest absolute Gasteiger partial charge is 0.478 e. The van der Waals surface area contributed by atoms with Gasteiger partial charge in [0, 0.05) is 63.7 Å². The Morgan fingerprint density at radius 3 is 2.76 bits per heavy atom. The fourth-order valence-corrected chi connectivity index (χ4v) is 4.39. The van der Waals surface area contributed by atoms with Gasteiger partial charge in [0.05, 0.1) is 17.5 Å². The summed E-state index contributed by atoms with van der Waals surface area (Å²) in [6, 6.07) is 17.9. The first kappa shape index (κ1) is 19.9. The first-order valence-corrected chi connectivity index (χ1v) is 11.3. The molecule has 4 heterocycles. The third-order valence-electron chi connectivity index (χ3n) is 6.23. The fraction of sp³-hybridized carbons (Fsp3) is 0.222. The van der Waals surface area contributed by atoms with E-state index in [1.54, 1.807) is 6.20 Å². The average molecular weight is 437 g/mol. The number of fused-ring (bicyclic) bond motifs is 2. The second-order valence-electron chi connectivity index (χ2n) is 8.47. The number of aliphatic hydroxyl groups excluding tert-OH is 1. The van der Waals surface area contributed by atoms with E-state index in [4.69, 9.17) is 14.7 Å². The van der Waals surface area contributed by atoms with Crippen LogP contribution in [-0.2, 0) is 0 Å². The molecule has 1 aromatic carbocycles. The topological polar surface area (TPSA) is 71.4 Å². The Morgan fingerprint density at radius 1 is 1.06 bits per heavy atom. The van der Waals surface area contributed by atoms with E-state index in [1.807, 2.05) is 72.8 Å². The molecule has 6 nitrogen and oxygen atoms in total. The highest BCUT2D eigenvalue weighted by atomic mass is 16.5. The van der Waals surface area contributed by atoms with Crippen molar-refractivity contribution in [2.24, 2.45) is 0 Å². The van der Waals surface area contributed by atoms with E-state index in [1.165, 1.54) is 12.8 Å². The molecule has 0 spiro atoms. The van der Waals surface area contributed by atoms with Gasteiger partial charge >= 0.3 is 0 Å². The number of pyridine rings is 3. The number of hydrogen-bond acceptors (Lipinski definition) is 6. The Morgan fingerprint density at radius 2 is 1.97 bits per heavy atom. The van der Waals surface area contributed by atoms with Crippen molar-refractivity contribution in [3.8, 4) is 5.88 Å². The summed E-state index contributed by atoms with van der Waals surface area (Å²) in [6.45, 7) is 2.46. The second-order valence-corrected chi connectivity index (χ2v) is 8.47. The van der Waals surface area contributed by atoms with Crippen molar-refractivity contribution in [1.82, 2.24) is 15.0 Å². The number of hydrogen-bond donors (Lipinski definition) is 1. The standard InChI is InChI=1S/C27H24N4O2/c1-2-33-24-12-8-20-16-31(21-9-11-23-18(14-21)4-3-13-28-23)27(32)25(26(20)30-24)19-7-10-22(29-15-19)17-5-6-17/h3-4,7-17,27,32H,2,5-6H2,1H3. The molecular formula is C27H24N4O2. The molecule has 4 aromatic rings. The zero-order valence-electron chi connectivity index (χ0n) is 18.3. The van der Waals surface area contributed by atoms with Gasteiger partial charge in [0.2, 0.25) is 5.88 Å². The Bertz CT molecular complexity index is 1460. The van der Waals surface area contributed by atoms with Crippen LogP contribution in [0.15, 0.2) is 67.0 Å². The monoisotopic (exact) mass is 436 g/mol. The van der Waals surface area contributed by atoms with Crippen LogP contribution in [0.25, 0.3) is 22.7 Å². The molecule has 6 rings (SSSR count). The highest BCUT2D eigenvalue weighted by Crippen LogP contribution is 2.39. The van der Waals surface area contributed by atoms with Crippen molar-refractivity contribution < 1.29 is 9.84 Å². The zero-order valence-corrected chi connectivity index (χ0v) is 18.3. The molecule has 2 aliphatic rings. The van der Waals surface area contributed by atoms with Gasteiger partial charge in [-0.2, -0.15) is 0 Å². The summed E-state index contributed by atoms with van der Waals surface area (Å²) in [5.41, 5.74) is 4.49. The maximum atomic E-state index is 11.6. The van der Waals surface area contributed by atoms with Crippen LogP contribution in [-0.4, -0.2) is 32.9 Å². The lowest BCUT2D eigenvalue weighted by molar-refractivity contribution is 0.238. The molecule has 0 amide bonds. The molecule has 1 N–H and O–H groups in total. The number of nitrogens with zero attached hydrogens (tertiary/aromatic N) is 4. The lowest BCUT2D eigenvalue weighted by Gasteiger charge is -2.31. The summed E-state index contributed by atoms with van der Waals surface area (Å²) >= 11 is 0. The molecule has 1 fully saturated rings. The van der Waals surface area contributed by atoms with Gasteiger partial charge in [0.1, 0.15) is 0 Å². The summed E-state index contributed by atoms with van der Waals surface area (Å²) in [4.78, 5) is 15.7. The number of anilines is 1. The van der Waals surface area contributed by atoms with E-state index in [9.17, 15) is 5.11 Å². The molecule has 0 bridgehead atoms. The Kier molecular flexibility index (Phi) is 4.80. The van der Waals surface area contributed by atoms with Gasteiger partial charge in [-0.1, -0.05) is 12.1 Å². The van der Waals surface area contributed by atoms with Gasteiger partial charge in [0.25, 0.3) is 0 Å². The third-order valence-corrected chi connectivity index (χ3v) is 6.23. The van der Waals surface area contributed by atoms with E-state index >= 15 is 0 Å². The molecule has 1 unspecified atom stereocenters. The molecule has 164 valence electrons. The molecule has 1 aliphatic heterocycles. The average Bonchev–Trinajstić information content (AvgIpc) is 3.69. The van der Waals surface area contributed by atoms with Crippen LogP contribution >= 0.6 is 0 Å². The maximum Gasteiger partial charge on any atom is 0.213 e. The van der Waals surface area contributed by atoms with Crippen LogP contribution in [0, 0.1) is 0 Å². The molecule has 1 atom stereocenters. The van der Waals surface area contributed by atoms with Crippen LogP contribution in [0.1, 0.15) is 36.9 Å². The molecule has 1 aliphatic carbocycles. The Balaban J connectivity index is 1.52. The van der Waals surface area contributed by atoms with Gasteiger partial charge in [-0.3, -0.25) is 9.97 Å². The predicted molar refractivity (Wildman–Crippen MR) is 128 cm³/mol. The Hall–Kier alpha value is -3.77. The molecule has 6 heteroatoms. The number of aromatic nitrogens is 3. The third kappa shape index (κ3) is 3.62. The molecule has 0 saturated heterocycles. The molecule has 33 heavy (non-hydrogen) atoms. The van der Waals surface area contributed by atoms with Gasteiger partial charge in [-0.15, -0.1) is 0 Å². The fourth-order valence-electron chi connectivity index (χ4n) is 4.39. The number of benzene rings is 1. The normalized spacial score (nSPS) is 17.6. The van der Waals surface area contributed by atoms with E-state index in [0.29, 0.717) is 23.8 Å². The molecule has 0 radical (unpaired) electrons. The lowest BCUT2D eigenvalue weighted by atomic mass is 10.0. The van der Waals surface area contributed by atoms with Crippen molar-refractivity contribution in [1.29, 1.82) is 0 Å². The number of ether oxygens (including phenoxy) is 1. The van der Waals surface area contributed by atoms with Gasteiger partial charge in [-0.05, 0) is 56.2 Å². The predicted octanol–water partition coefficient (Wildman–Crippen LogP) is 3.08. The van der Waals surface area contributed by atoms with Crippen molar-refractivity contribution in [2.45, 2.75) is 31.9 Å². The SMILES string of the molecule is CCOc1ccc2c(n1)=C(c1ccc(C3CC3)nc1)C(O)N(c1ccc3ncccc3c1)C=2. The van der Waals surface area contributed by atoms with Gasteiger partial charge in [-0.25, -0.2) is 4.98 Å². The van der Waals surface area contributed by atoms with E-state index < -0.39 is 6.23 Å². The second kappa shape index (κ2) is 7.98. The minimum absolute atomic E-state index is 0.530. The van der Waals surface area contributed by atoms with Crippen molar-refractivity contribution in [3.63, 3.8) is 0 Å². The van der Waals surface area contributed by atoms with Crippen molar-refractivity contribution >= 4 is 28.4 Å². The highest BCUT2D eigenvalue weighted by Gasteiger charge is 2.28. The minimum atomic E-state index is -0.926. The van der Waals surface area contributed by atoms with Crippen LogP contribution < -0.4 is 20.2 Å². The highest BCUT2D eigenvalue weighted by molar-refractivity contribution is 5.85. The number of aliphatic hydroxyl groups is 1. The lowest BCUT2D eigenvalue weighted by Crippen LogP contribution is -2.47. The zero-order chi connectivity index (χ0) is 22.4. The van der Waals surface area contributed by atoms with Crippen LogP contribution in [0.4, 0.5) is 5.69 Å². The first-order chi connectivity index (χ1) is 16.2. The van der Waals surface area contributed by atoms with E-state index in [2.05, 4.69) is 11.1 Å². The summed E-state index contributed by atoms with van der Waals surface area (Å²) < 4.78 is 5.65. The summed E-state index contributed by atoms with van der Waals surface area (Å²) in [5.74, 6) is 1.12. The minimum Gasteiger partial charge on any atom is -0.478 e. The molecular weight excluding hydrogens is 412 g/mol. The van der Waals surface area contributed by atoms with Gasteiger partial charge in [0.15, 0.2) is 6.23 Å². The Labute approximate surface area is 191 Å². The van der Waals surface area contributed by atoms with E-state index in [0.717, 1.165) is 38.6 Å². The van der Waals surface area contributed by atoms with E-state index in [-0.39, 0.29) is 0 Å². The molecule has 1 saturated carbocycles.